The minimum absolute atomic E-state index is 0.116. The van der Waals surface area contributed by atoms with Crippen LogP contribution in [-0.4, -0.2) is 54.3 Å². The fraction of sp³-hybridized carbons (Fsp3) is 0.625. The number of aliphatic hydroxyl groups excluding tert-OH is 1. The number of hydrogen-bond acceptors (Lipinski definition) is 5. The lowest BCUT2D eigenvalue weighted by Gasteiger charge is -2.43. The van der Waals surface area contributed by atoms with Crippen LogP contribution in [0.5, 0.6) is 11.5 Å². The van der Waals surface area contributed by atoms with E-state index in [0.717, 1.165) is 19.2 Å². The first-order chi connectivity index (χ1) is 11.1. The number of aliphatic hydroxyl groups is 1. The molecule has 1 aromatic rings. The first kappa shape index (κ1) is 18.8. The summed E-state index contributed by atoms with van der Waals surface area (Å²) in [5.74, 6) is -0.501. The molecule has 0 radical (unpaired) electrons. The van der Waals surface area contributed by atoms with Crippen molar-refractivity contribution in [2.24, 2.45) is 5.41 Å². The number of alkyl halides is 3. The van der Waals surface area contributed by atoms with Gasteiger partial charge in [-0.1, -0.05) is 13.8 Å². The van der Waals surface area contributed by atoms with Crippen molar-refractivity contribution in [3.63, 3.8) is 0 Å². The fourth-order valence-corrected chi connectivity index (χ4v) is 3.09. The van der Waals surface area contributed by atoms with Crippen molar-refractivity contribution in [3.8, 4) is 11.5 Å². The third-order valence-corrected chi connectivity index (χ3v) is 4.19. The van der Waals surface area contributed by atoms with Gasteiger partial charge in [-0.05, 0) is 18.2 Å². The molecule has 2 rings (SSSR count). The van der Waals surface area contributed by atoms with Gasteiger partial charge >= 0.3 is 6.36 Å². The molecule has 0 unspecified atom stereocenters. The van der Waals surface area contributed by atoms with Gasteiger partial charge in [-0.2, -0.15) is 0 Å². The van der Waals surface area contributed by atoms with Crippen LogP contribution in [0.15, 0.2) is 18.2 Å². The number of rotatable bonds is 5. The number of halogens is 3. The van der Waals surface area contributed by atoms with Crippen molar-refractivity contribution in [1.29, 1.82) is 0 Å². The molecule has 1 aromatic carbocycles. The van der Waals surface area contributed by atoms with E-state index in [-0.39, 0.29) is 18.1 Å². The normalized spacial score (nSPS) is 18.4. The lowest BCUT2D eigenvalue weighted by atomic mass is 9.79. The summed E-state index contributed by atoms with van der Waals surface area (Å²) < 4.78 is 41.4. The topological polar surface area (TPSA) is 65.0 Å². The standard InChI is InChI=1S/C16H23F3N2O3/c1-15(2,10-22)14(21-7-5-20-6-8-21)12-9-11(3-4-13(12)23)24-16(17,18)19/h3-4,9,14,20,22-23H,5-8,10H2,1-2H3/t14-/m0/s1. The van der Waals surface area contributed by atoms with Crippen LogP contribution in [0, 0.1) is 5.41 Å². The van der Waals surface area contributed by atoms with E-state index in [0.29, 0.717) is 18.7 Å². The van der Waals surface area contributed by atoms with Gasteiger partial charge in [0.1, 0.15) is 11.5 Å². The lowest BCUT2D eigenvalue weighted by Crippen LogP contribution is -2.49. The Labute approximate surface area is 139 Å². The summed E-state index contributed by atoms with van der Waals surface area (Å²) in [6.45, 7) is 6.25. The molecule has 1 aliphatic rings. The molecule has 0 spiro atoms. The maximum Gasteiger partial charge on any atom is 0.573 e. The minimum atomic E-state index is -4.80. The van der Waals surface area contributed by atoms with Gasteiger partial charge in [-0.3, -0.25) is 4.90 Å². The number of hydrogen-bond donors (Lipinski definition) is 3. The highest BCUT2D eigenvalue weighted by Gasteiger charge is 2.38. The minimum Gasteiger partial charge on any atom is -0.508 e. The first-order valence-corrected chi connectivity index (χ1v) is 7.78. The number of nitrogens with one attached hydrogen (secondary N) is 1. The van der Waals surface area contributed by atoms with Gasteiger partial charge in [-0.25, -0.2) is 0 Å². The molecule has 0 aliphatic carbocycles. The average Bonchev–Trinajstić information content (AvgIpc) is 2.50. The van der Waals surface area contributed by atoms with Gasteiger partial charge in [0.05, 0.1) is 0 Å². The molecule has 1 fully saturated rings. The molecule has 0 amide bonds. The smallest absolute Gasteiger partial charge is 0.508 e. The van der Waals surface area contributed by atoms with Gasteiger partial charge in [-0.15, -0.1) is 13.2 Å². The third kappa shape index (κ3) is 4.52. The van der Waals surface area contributed by atoms with Crippen LogP contribution in [0.1, 0.15) is 25.5 Å². The third-order valence-electron chi connectivity index (χ3n) is 4.19. The summed E-state index contributed by atoms with van der Waals surface area (Å²) in [5, 5.41) is 23.2. The Morgan fingerprint density at radius 3 is 2.42 bits per heavy atom. The van der Waals surface area contributed by atoms with Crippen LogP contribution >= 0.6 is 0 Å². The number of phenolic OH excluding ortho intramolecular Hbond substituents is 1. The van der Waals surface area contributed by atoms with E-state index >= 15 is 0 Å². The average molecular weight is 348 g/mol. The van der Waals surface area contributed by atoms with E-state index in [1.54, 1.807) is 0 Å². The fourth-order valence-electron chi connectivity index (χ4n) is 3.09. The number of ether oxygens (including phenoxy) is 1. The van der Waals surface area contributed by atoms with Gasteiger partial charge in [0.25, 0.3) is 0 Å². The highest BCUT2D eigenvalue weighted by Crippen LogP contribution is 2.43. The van der Waals surface area contributed by atoms with Crippen molar-refractivity contribution >= 4 is 0 Å². The Morgan fingerprint density at radius 1 is 1.25 bits per heavy atom. The van der Waals surface area contributed by atoms with Crippen molar-refractivity contribution in [3.05, 3.63) is 23.8 Å². The molecule has 1 atom stereocenters. The van der Waals surface area contributed by atoms with E-state index in [2.05, 4.69) is 15.0 Å². The summed E-state index contributed by atoms with van der Waals surface area (Å²) in [5.41, 5.74) is -0.344. The molecule has 3 N–H and O–H groups in total. The highest BCUT2D eigenvalue weighted by atomic mass is 19.4. The van der Waals surface area contributed by atoms with E-state index in [1.165, 1.54) is 12.1 Å². The molecule has 0 saturated carbocycles. The molecule has 5 nitrogen and oxygen atoms in total. The van der Waals surface area contributed by atoms with Crippen molar-refractivity contribution in [2.75, 3.05) is 32.8 Å². The number of piperazine rings is 1. The van der Waals surface area contributed by atoms with Crippen LogP contribution in [0.4, 0.5) is 13.2 Å². The maximum atomic E-state index is 12.5. The summed E-state index contributed by atoms with van der Waals surface area (Å²) in [6.07, 6.45) is -4.80. The van der Waals surface area contributed by atoms with Crippen LogP contribution in [-0.2, 0) is 0 Å². The molecular weight excluding hydrogens is 325 g/mol. The molecule has 24 heavy (non-hydrogen) atoms. The second kappa shape index (κ2) is 7.16. The molecule has 0 bridgehead atoms. The van der Waals surface area contributed by atoms with E-state index < -0.39 is 17.8 Å². The molecule has 1 saturated heterocycles. The Hall–Kier alpha value is -1.51. The molecule has 136 valence electrons. The monoisotopic (exact) mass is 348 g/mol. The van der Waals surface area contributed by atoms with E-state index in [4.69, 9.17) is 0 Å². The predicted molar refractivity (Wildman–Crippen MR) is 82.8 cm³/mol. The van der Waals surface area contributed by atoms with Crippen molar-refractivity contribution in [2.45, 2.75) is 26.3 Å². The van der Waals surface area contributed by atoms with Crippen molar-refractivity contribution in [1.82, 2.24) is 10.2 Å². The number of phenols is 1. The Kier molecular flexibility index (Phi) is 5.62. The Balaban J connectivity index is 2.42. The summed E-state index contributed by atoms with van der Waals surface area (Å²) in [4.78, 5) is 2.05. The molecule has 1 heterocycles. The van der Waals surface area contributed by atoms with Crippen molar-refractivity contribution < 1.29 is 28.1 Å². The zero-order valence-electron chi connectivity index (χ0n) is 13.7. The van der Waals surface area contributed by atoms with Gasteiger partial charge < -0.3 is 20.3 Å². The molecule has 8 heteroatoms. The molecule has 1 aliphatic heterocycles. The lowest BCUT2D eigenvalue weighted by molar-refractivity contribution is -0.274. The number of nitrogens with zero attached hydrogens (tertiary/aromatic N) is 1. The summed E-state index contributed by atoms with van der Waals surface area (Å²) in [7, 11) is 0. The number of benzene rings is 1. The summed E-state index contributed by atoms with van der Waals surface area (Å²) in [6, 6.07) is 3.03. The zero-order chi connectivity index (χ0) is 18.0. The zero-order valence-corrected chi connectivity index (χ0v) is 13.7. The van der Waals surface area contributed by atoms with Gasteiger partial charge in [0, 0.05) is 49.8 Å². The molecule has 0 aromatic heterocycles. The Morgan fingerprint density at radius 2 is 1.88 bits per heavy atom. The summed E-state index contributed by atoms with van der Waals surface area (Å²) >= 11 is 0. The quantitative estimate of drug-likeness (QED) is 0.762. The molecular formula is C16H23F3N2O3. The number of aromatic hydroxyl groups is 1. The van der Waals surface area contributed by atoms with Crippen LogP contribution in [0.2, 0.25) is 0 Å². The maximum absolute atomic E-state index is 12.5. The second-order valence-electron chi connectivity index (χ2n) is 6.60. The van der Waals surface area contributed by atoms with Crippen LogP contribution in [0.25, 0.3) is 0 Å². The first-order valence-electron chi connectivity index (χ1n) is 7.78. The van der Waals surface area contributed by atoms with Crippen LogP contribution in [0.3, 0.4) is 0 Å². The predicted octanol–water partition coefficient (Wildman–Crippen LogP) is 2.26. The van der Waals surface area contributed by atoms with E-state index in [1.807, 2.05) is 13.8 Å². The van der Waals surface area contributed by atoms with E-state index in [9.17, 15) is 23.4 Å². The van der Waals surface area contributed by atoms with Gasteiger partial charge in [0.2, 0.25) is 0 Å². The SMILES string of the molecule is CC(C)(CO)[C@H](c1cc(OC(F)(F)F)ccc1O)N1CCNCC1. The largest absolute Gasteiger partial charge is 0.573 e. The highest BCUT2D eigenvalue weighted by molar-refractivity contribution is 5.42. The Bertz CT molecular complexity index is 558. The second-order valence-corrected chi connectivity index (χ2v) is 6.60. The van der Waals surface area contributed by atoms with Crippen LogP contribution < -0.4 is 10.1 Å². The van der Waals surface area contributed by atoms with Gasteiger partial charge in [0.15, 0.2) is 0 Å².